The van der Waals surface area contributed by atoms with Crippen LogP contribution in [0.1, 0.15) is 10.4 Å². The zero-order chi connectivity index (χ0) is 11.5. The summed E-state index contributed by atoms with van der Waals surface area (Å²) < 4.78 is 18.7. The zero-order valence-electron chi connectivity index (χ0n) is 8.61. The second-order valence-corrected chi connectivity index (χ2v) is 3.55. The van der Waals surface area contributed by atoms with Gasteiger partial charge in [0.25, 0.3) is 0 Å². The predicted molar refractivity (Wildman–Crippen MR) is 53.8 cm³/mol. The summed E-state index contributed by atoms with van der Waals surface area (Å²) in [6, 6.07) is 3.65. The number of hydrogen-bond donors (Lipinski definition) is 0. The number of aromatic carboxylic acids is 1. The third-order valence-electron chi connectivity index (χ3n) is 2.53. The van der Waals surface area contributed by atoms with E-state index in [1.807, 2.05) is 0 Å². The average Bonchev–Trinajstić information content (AvgIpc) is 2.30. The first-order valence-corrected chi connectivity index (χ1v) is 5.02. The Labute approximate surface area is 92.2 Å². The molecule has 4 nitrogen and oxygen atoms in total. The molecule has 1 aromatic rings. The van der Waals surface area contributed by atoms with Gasteiger partial charge in [0.05, 0.1) is 24.9 Å². The van der Waals surface area contributed by atoms with E-state index in [-0.39, 0.29) is 5.56 Å². The van der Waals surface area contributed by atoms with Crippen molar-refractivity contribution in [3.63, 3.8) is 0 Å². The summed E-state index contributed by atoms with van der Waals surface area (Å²) in [6.07, 6.45) is 0. The minimum Gasteiger partial charge on any atom is -0.545 e. The maximum absolute atomic E-state index is 13.5. The molecule has 0 radical (unpaired) electrons. The Bertz CT molecular complexity index is 402. The topological polar surface area (TPSA) is 52.6 Å². The molecule has 86 valence electrons. The summed E-state index contributed by atoms with van der Waals surface area (Å²) in [4.78, 5) is 12.4. The number of carboxylic acids is 1. The Balaban J connectivity index is 2.30. The van der Waals surface area contributed by atoms with E-state index in [2.05, 4.69) is 0 Å². The van der Waals surface area contributed by atoms with Crippen LogP contribution in [0.4, 0.5) is 10.1 Å². The number of hydrogen-bond acceptors (Lipinski definition) is 4. The van der Waals surface area contributed by atoms with Gasteiger partial charge in [0.15, 0.2) is 0 Å². The highest BCUT2D eigenvalue weighted by molar-refractivity contribution is 5.87. The van der Waals surface area contributed by atoms with Crippen LogP contribution in [0, 0.1) is 5.82 Å². The van der Waals surface area contributed by atoms with E-state index in [1.54, 1.807) is 4.90 Å². The molecule has 0 unspecified atom stereocenters. The average molecular weight is 224 g/mol. The predicted octanol–water partition coefficient (Wildman–Crippen LogP) is 0.0258. The lowest BCUT2D eigenvalue weighted by atomic mass is 10.1. The van der Waals surface area contributed by atoms with Gasteiger partial charge in [-0.1, -0.05) is 6.07 Å². The fraction of sp³-hybridized carbons (Fsp3) is 0.364. The van der Waals surface area contributed by atoms with E-state index >= 15 is 0 Å². The minimum atomic E-state index is -1.30. The summed E-state index contributed by atoms with van der Waals surface area (Å²) in [7, 11) is 0. The van der Waals surface area contributed by atoms with E-state index in [0.717, 1.165) is 6.07 Å². The number of anilines is 1. The van der Waals surface area contributed by atoms with Crippen LogP contribution in [0.25, 0.3) is 0 Å². The van der Waals surface area contributed by atoms with Crippen molar-refractivity contribution >= 4 is 11.7 Å². The molecular formula is C11H11FNO3-. The van der Waals surface area contributed by atoms with Crippen LogP contribution in [0.2, 0.25) is 0 Å². The van der Waals surface area contributed by atoms with Crippen molar-refractivity contribution < 1.29 is 19.0 Å². The van der Waals surface area contributed by atoms with Gasteiger partial charge < -0.3 is 19.5 Å². The lowest BCUT2D eigenvalue weighted by Crippen LogP contribution is -2.37. The molecule has 0 N–H and O–H groups in total. The summed E-state index contributed by atoms with van der Waals surface area (Å²) in [5.41, 5.74) is 0.285. The summed E-state index contributed by atoms with van der Waals surface area (Å²) in [5.74, 6) is -1.72. The molecule has 0 bridgehead atoms. The molecule has 0 amide bonds. The van der Waals surface area contributed by atoms with Gasteiger partial charge in [0.2, 0.25) is 0 Å². The van der Waals surface area contributed by atoms with Crippen LogP contribution in [-0.2, 0) is 4.74 Å². The van der Waals surface area contributed by atoms with Crippen molar-refractivity contribution in [2.45, 2.75) is 0 Å². The van der Waals surface area contributed by atoms with Crippen molar-refractivity contribution in [3.8, 4) is 0 Å². The molecule has 1 aliphatic rings. The van der Waals surface area contributed by atoms with Gasteiger partial charge in [-0.25, -0.2) is 4.39 Å². The highest BCUT2D eigenvalue weighted by atomic mass is 19.1. The van der Waals surface area contributed by atoms with Crippen LogP contribution in [0.5, 0.6) is 0 Å². The molecule has 0 aliphatic carbocycles. The molecule has 1 saturated heterocycles. The van der Waals surface area contributed by atoms with Crippen LogP contribution >= 0.6 is 0 Å². The standard InChI is InChI=1S/C11H12FNO3/c12-9-2-1-8(11(14)15)7-10(9)13-3-5-16-6-4-13/h1-2,7H,3-6H2,(H,14,15)/p-1. The van der Waals surface area contributed by atoms with E-state index < -0.39 is 11.8 Å². The first-order valence-electron chi connectivity index (χ1n) is 5.02. The molecule has 1 fully saturated rings. The van der Waals surface area contributed by atoms with Gasteiger partial charge >= 0.3 is 0 Å². The van der Waals surface area contributed by atoms with Crippen molar-refractivity contribution in [1.29, 1.82) is 0 Å². The molecule has 16 heavy (non-hydrogen) atoms. The van der Waals surface area contributed by atoms with E-state index in [0.29, 0.717) is 32.0 Å². The molecule has 1 aliphatic heterocycles. The fourth-order valence-corrected chi connectivity index (χ4v) is 1.69. The number of morpholine rings is 1. The molecule has 5 heteroatoms. The largest absolute Gasteiger partial charge is 0.545 e. The quantitative estimate of drug-likeness (QED) is 0.711. The first-order chi connectivity index (χ1) is 7.68. The lowest BCUT2D eigenvalue weighted by Gasteiger charge is -2.29. The number of carbonyl (C=O) groups excluding carboxylic acids is 1. The summed E-state index contributed by atoms with van der Waals surface area (Å²) in [5, 5.41) is 10.7. The van der Waals surface area contributed by atoms with Gasteiger partial charge in [-0.3, -0.25) is 0 Å². The monoisotopic (exact) mass is 224 g/mol. The van der Waals surface area contributed by atoms with Crippen LogP contribution in [0.3, 0.4) is 0 Å². The first kappa shape index (κ1) is 10.9. The molecule has 1 heterocycles. The van der Waals surface area contributed by atoms with Gasteiger partial charge in [0.1, 0.15) is 5.82 Å². The summed E-state index contributed by atoms with van der Waals surface area (Å²) >= 11 is 0. The van der Waals surface area contributed by atoms with Crippen LogP contribution in [0.15, 0.2) is 18.2 Å². The maximum atomic E-state index is 13.5. The van der Waals surface area contributed by atoms with Gasteiger partial charge in [-0.05, 0) is 17.7 Å². The number of benzene rings is 1. The highest BCUT2D eigenvalue weighted by Crippen LogP contribution is 2.21. The number of nitrogens with zero attached hydrogens (tertiary/aromatic N) is 1. The second kappa shape index (κ2) is 4.49. The van der Waals surface area contributed by atoms with Crippen molar-refractivity contribution in [3.05, 3.63) is 29.6 Å². The van der Waals surface area contributed by atoms with Crippen molar-refractivity contribution in [2.24, 2.45) is 0 Å². The Kier molecular flexibility index (Phi) is 3.05. The molecule has 0 spiro atoms. The highest BCUT2D eigenvalue weighted by Gasteiger charge is 2.15. The SMILES string of the molecule is O=C([O-])c1ccc(F)c(N2CCOCC2)c1. The normalized spacial score (nSPS) is 16.2. The van der Waals surface area contributed by atoms with E-state index in [9.17, 15) is 14.3 Å². The van der Waals surface area contributed by atoms with Gasteiger partial charge in [-0.2, -0.15) is 0 Å². The van der Waals surface area contributed by atoms with Crippen molar-refractivity contribution in [2.75, 3.05) is 31.2 Å². The second-order valence-electron chi connectivity index (χ2n) is 3.55. The van der Waals surface area contributed by atoms with Gasteiger partial charge in [0, 0.05) is 13.1 Å². The molecule has 1 aromatic carbocycles. The van der Waals surface area contributed by atoms with Crippen molar-refractivity contribution in [1.82, 2.24) is 0 Å². The van der Waals surface area contributed by atoms with Crippen LogP contribution in [-0.4, -0.2) is 32.3 Å². The Morgan fingerprint density at radius 1 is 1.38 bits per heavy atom. The minimum absolute atomic E-state index is 0.0112. The van der Waals surface area contributed by atoms with Gasteiger partial charge in [-0.15, -0.1) is 0 Å². The smallest absolute Gasteiger partial charge is 0.146 e. The summed E-state index contributed by atoms with van der Waals surface area (Å²) in [6.45, 7) is 2.17. The van der Waals surface area contributed by atoms with E-state index in [4.69, 9.17) is 4.74 Å². The Morgan fingerprint density at radius 3 is 2.69 bits per heavy atom. The molecular weight excluding hydrogens is 213 g/mol. The number of carboxylic acid groups (broad SMARTS) is 1. The number of ether oxygens (including phenoxy) is 1. The number of halogens is 1. The molecule has 0 saturated carbocycles. The molecule has 0 atom stereocenters. The molecule has 2 rings (SSSR count). The fourth-order valence-electron chi connectivity index (χ4n) is 1.69. The van der Waals surface area contributed by atoms with Crippen LogP contribution < -0.4 is 10.0 Å². The zero-order valence-corrected chi connectivity index (χ0v) is 8.61. The Morgan fingerprint density at radius 2 is 2.06 bits per heavy atom. The number of rotatable bonds is 2. The Hall–Kier alpha value is -1.62. The third-order valence-corrected chi connectivity index (χ3v) is 2.53. The maximum Gasteiger partial charge on any atom is 0.146 e. The third kappa shape index (κ3) is 2.14. The number of carbonyl (C=O) groups is 1. The molecule has 0 aromatic heterocycles. The lowest BCUT2D eigenvalue weighted by molar-refractivity contribution is -0.255. The van der Waals surface area contributed by atoms with E-state index in [1.165, 1.54) is 12.1 Å².